The molecule has 1 aliphatic rings. The third kappa shape index (κ3) is 2.14. The number of hydrogen-bond acceptors (Lipinski definition) is 3. The summed E-state index contributed by atoms with van der Waals surface area (Å²) >= 11 is 0. The Balaban J connectivity index is 2.15. The first kappa shape index (κ1) is 12.9. The Bertz CT molecular complexity index is 778. The lowest BCUT2D eigenvalue weighted by Gasteiger charge is -2.04. The number of hydrogen-bond donors (Lipinski definition) is 3. The molecule has 104 valence electrons. The van der Waals surface area contributed by atoms with Gasteiger partial charge >= 0.3 is 5.97 Å². The topological polar surface area (TPSA) is 86.6 Å². The molecule has 2 aromatic rings. The summed E-state index contributed by atoms with van der Waals surface area (Å²) in [6.07, 6.45) is 0. The number of carboxylic acid groups (broad SMARTS) is 1. The molecule has 0 bridgehead atoms. The number of anilines is 1. The summed E-state index contributed by atoms with van der Waals surface area (Å²) in [6, 6.07) is 13.0. The Kier molecular flexibility index (Phi) is 2.95. The van der Waals surface area contributed by atoms with Crippen LogP contribution in [-0.2, 0) is 4.79 Å². The Hall–Kier alpha value is -3.08. The molecular weight excluding hydrogens is 270 g/mol. The van der Waals surface area contributed by atoms with Crippen LogP contribution in [0.2, 0.25) is 0 Å². The summed E-state index contributed by atoms with van der Waals surface area (Å²) < 4.78 is 0. The summed E-state index contributed by atoms with van der Waals surface area (Å²) in [7, 11) is 0. The Morgan fingerprint density at radius 1 is 0.952 bits per heavy atom. The number of nitrogens with one attached hydrogen (secondary N) is 1. The summed E-state index contributed by atoms with van der Waals surface area (Å²) in [5.41, 5.74) is 1.63. The highest BCUT2D eigenvalue weighted by molar-refractivity contribution is 6.36. The Morgan fingerprint density at radius 2 is 1.67 bits per heavy atom. The van der Waals surface area contributed by atoms with Crippen LogP contribution in [0.1, 0.15) is 21.5 Å². The molecule has 0 aliphatic carbocycles. The van der Waals surface area contributed by atoms with Crippen molar-refractivity contribution in [1.29, 1.82) is 0 Å². The second kappa shape index (κ2) is 4.79. The maximum atomic E-state index is 12.1. The van der Waals surface area contributed by atoms with Crippen LogP contribution in [0.15, 0.2) is 48.5 Å². The van der Waals surface area contributed by atoms with E-state index in [1.807, 2.05) is 6.07 Å². The lowest BCUT2D eigenvalue weighted by atomic mass is 10.0. The average molecular weight is 281 g/mol. The van der Waals surface area contributed by atoms with Gasteiger partial charge in [0.1, 0.15) is 5.76 Å². The van der Waals surface area contributed by atoms with Crippen molar-refractivity contribution in [2.45, 2.75) is 0 Å². The van der Waals surface area contributed by atoms with Gasteiger partial charge in [-0.1, -0.05) is 36.4 Å². The van der Waals surface area contributed by atoms with E-state index >= 15 is 0 Å². The number of carboxylic acids is 1. The minimum atomic E-state index is -1.07. The zero-order chi connectivity index (χ0) is 15.0. The highest BCUT2D eigenvalue weighted by Crippen LogP contribution is 2.36. The smallest absolute Gasteiger partial charge is 0.335 e. The molecule has 0 saturated carbocycles. The van der Waals surface area contributed by atoms with Gasteiger partial charge in [0.2, 0.25) is 0 Å². The molecule has 0 aromatic heterocycles. The molecule has 0 spiro atoms. The fraction of sp³-hybridized carbons (Fsp3) is 0. The van der Waals surface area contributed by atoms with Gasteiger partial charge in [-0.2, -0.15) is 0 Å². The third-order valence-electron chi connectivity index (χ3n) is 3.30. The zero-order valence-electron chi connectivity index (χ0n) is 10.8. The van der Waals surface area contributed by atoms with Gasteiger partial charge < -0.3 is 15.5 Å². The highest BCUT2D eigenvalue weighted by atomic mass is 16.4. The lowest BCUT2D eigenvalue weighted by molar-refractivity contribution is -0.110. The molecular formula is C16H11NO4. The first-order valence-corrected chi connectivity index (χ1v) is 6.25. The van der Waals surface area contributed by atoms with Crippen LogP contribution in [0.4, 0.5) is 5.69 Å². The van der Waals surface area contributed by atoms with E-state index in [4.69, 9.17) is 5.11 Å². The SMILES string of the molecule is O=C1Nc2cc(C(=O)O)ccc2C1=C(O)c1ccccc1. The number of aliphatic hydroxyl groups is 1. The number of carbonyl (C=O) groups is 2. The molecule has 21 heavy (non-hydrogen) atoms. The molecule has 1 heterocycles. The normalized spacial score (nSPS) is 15.3. The van der Waals surface area contributed by atoms with Crippen molar-refractivity contribution in [3.8, 4) is 0 Å². The van der Waals surface area contributed by atoms with Crippen LogP contribution in [0.5, 0.6) is 0 Å². The molecule has 0 radical (unpaired) electrons. The van der Waals surface area contributed by atoms with Crippen LogP contribution >= 0.6 is 0 Å². The molecule has 0 unspecified atom stereocenters. The highest BCUT2D eigenvalue weighted by Gasteiger charge is 2.28. The van der Waals surface area contributed by atoms with Crippen molar-refractivity contribution in [2.75, 3.05) is 5.32 Å². The van der Waals surface area contributed by atoms with Gasteiger partial charge in [0, 0.05) is 11.1 Å². The van der Waals surface area contributed by atoms with E-state index in [2.05, 4.69) is 5.32 Å². The summed E-state index contributed by atoms with van der Waals surface area (Å²) in [6.45, 7) is 0. The van der Waals surface area contributed by atoms with Crippen LogP contribution in [0.25, 0.3) is 11.3 Å². The van der Waals surface area contributed by atoms with Gasteiger partial charge in [-0.15, -0.1) is 0 Å². The summed E-state index contributed by atoms with van der Waals surface area (Å²) in [5.74, 6) is -1.65. The number of aliphatic hydroxyl groups excluding tert-OH is 1. The van der Waals surface area contributed by atoms with Crippen LogP contribution in [0.3, 0.4) is 0 Å². The second-order valence-corrected chi connectivity index (χ2v) is 4.61. The maximum Gasteiger partial charge on any atom is 0.335 e. The monoisotopic (exact) mass is 281 g/mol. The molecule has 1 aliphatic heterocycles. The molecule has 2 aromatic carbocycles. The van der Waals surface area contributed by atoms with E-state index in [1.165, 1.54) is 18.2 Å². The third-order valence-corrected chi connectivity index (χ3v) is 3.30. The molecule has 3 rings (SSSR count). The average Bonchev–Trinajstić information content (AvgIpc) is 2.82. The predicted molar refractivity (Wildman–Crippen MR) is 77.9 cm³/mol. The van der Waals surface area contributed by atoms with Crippen molar-refractivity contribution < 1.29 is 19.8 Å². The second-order valence-electron chi connectivity index (χ2n) is 4.61. The summed E-state index contributed by atoms with van der Waals surface area (Å²) in [4.78, 5) is 23.0. The first-order valence-electron chi connectivity index (χ1n) is 6.25. The fourth-order valence-electron chi connectivity index (χ4n) is 2.28. The van der Waals surface area contributed by atoms with Gasteiger partial charge in [0.15, 0.2) is 0 Å². The van der Waals surface area contributed by atoms with Gasteiger partial charge in [0.05, 0.1) is 16.8 Å². The number of fused-ring (bicyclic) bond motifs is 1. The van der Waals surface area contributed by atoms with Gasteiger partial charge in [-0.25, -0.2) is 4.79 Å². The van der Waals surface area contributed by atoms with E-state index in [0.717, 1.165) is 0 Å². The predicted octanol–water partition coefficient (Wildman–Crippen LogP) is 2.76. The maximum absolute atomic E-state index is 12.1. The molecule has 1 amide bonds. The molecule has 0 fully saturated rings. The molecule has 3 N–H and O–H groups in total. The van der Waals surface area contributed by atoms with Crippen LogP contribution < -0.4 is 5.32 Å². The first-order chi connectivity index (χ1) is 10.1. The van der Waals surface area contributed by atoms with Crippen molar-refractivity contribution in [3.05, 3.63) is 65.2 Å². The molecule has 0 saturated heterocycles. The molecule has 5 heteroatoms. The van der Waals surface area contributed by atoms with E-state index in [-0.39, 0.29) is 16.9 Å². The van der Waals surface area contributed by atoms with Crippen molar-refractivity contribution >= 4 is 28.9 Å². The Morgan fingerprint density at radius 3 is 2.33 bits per heavy atom. The molecule has 0 atom stereocenters. The van der Waals surface area contributed by atoms with Gasteiger partial charge in [-0.3, -0.25) is 4.79 Å². The van der Waals surface area contributed by atoms with Gasteiger partial charge in [0.25, 0.3) is 5.91 Å². The van der Waals surface area contributed by atoms with E-state index in [0.29, 0.717) is 16.8 Å². The minimum Gasteiger partial charge on any atom is -0.506 e. The molecule has 5 nitrogen and oxygen atoms in total. The quantitative estimate of drug-likeness (QED) is 0.583. The summed E-state index contributed by atoms with van der Waals surface area (Å²) in [5, 5.41) is 21.9. The minimum absolute atomic E-state index is 0.0782. The number of benzene rings is 2. The number of rotatable bonds is 2. The van der Waals surface area contributed by atoms with E-state index < -0.39 is 11.9 Å². The fourth-order valence-corrected chi connectivity index (χ4v) is 2.28. The number of carbonyl (C=O) groups excluding carboxylic acids is 1. The lowest BCUT2D eigenvalue weighted by Crippen LogP contribution is -2.06. The van der Waals surface area contributed by atoms with Gasteiger partial charge in [-0.05, 0) is 12.1 Å². The standard InChI is InChI=1S/C16H11NO4/c18-14(9-4-2-1-3-5-9)13-11-7-6-10(16(20)21)8-12(11)17-15(13)19/h1-8,18H,(H,17,19)(H,20,21). The van der Waals surface area contributed by atoms with Crippen LogP contribution in [-0.4, -0.2) is 22.1 Å². The van der Waals surface area contributed by atoms with Crippen LogP contribution in [0, 0.1) is 0 Å². The van der Waals surface area contributed by atoms with E-state index in [9.17, 15) is 14.7 Å². The van der Waals surface area contributed by atoms with Crippen molar-refractivity contribution in [1.82, 2.24) is 0 Å². The largest absolute Gasteiger partial charge is 0.506 e. The van der Waals surface area contributed by atoms with Crippen molar-refractivity contribution in [3.63, 3.8) is 0 Å². The number of aromatic carboxylic acids is 1. The van der Waals surface area contributed by atoms with Crippen molar-refractivity contribution in [2.24, 2.45) is 0 Å². The van der Waals surface area contributed by atoms with E-state index in [1.54, 1.807) is 24.3 Å². The number of amides is 1. The zero-order valence-corrected chi connectivity index (χ0v) is 10.8. The Labute approximate surface area is 120 Å².